The number of nitrogens with one attached hydrogen (secondary N) is 2. The average Bonchev–Trinajstić information content (AvgIpc) is 2.27. The van der Waals surface area contributed by atoms with Gasteiger partial charge in [-0.3, -0.25) is 4.79 Å². The van der Waals surface area contributed by atoms with Crippen molar-refractivity contribution in [1.29, 1.82) is 0 Å². The molecule has 0 bridgehead atoms. The second-order valence-electron chi connectivity index (χ2n) is 5.24. The largest absolute Gasteiger partial charge is 0.391 e. The third kappa shape index (κ3) is 6.03. The lowest BCUT2D eigenvalue weighted by Gasteiger charge is -2.28. The smallest absolute Gasteiger partial charge is 0.220 e. The Bertz CT molecular complexity index is 231. The molecule has 1 rings (SSSR count). The molecule has 17 heavy (non-hydrogen) atoms. The highest BCUT2D eigenvalue weighted by molar-refractivity contribution is 5.76. The summed E-state index contributed by atoms with van der Waals surface area (Å²) in [5, 5.41) is 16.0. The van der Waals surface area contributed by atoms with Gasteiger partial charge in [0.2, 0.25) is 5.91 Å². The Morgan fingerprint density at radius 3 is 2.71 bits per heavy atom. The molecule has 100 valence electrons. The van der Waals surface area contributed by atoms with Crippen molar-refractivity contribution in [3.63, 3.8) is 0 Å². The minimum atomic E-state index is -0.346. The zero-order chi connectivity index (χ0) is 12.7. The molecule has 2 atom stereocenters. The van der Waals surface area contributed by atoms with Crippen LogP contribution in [0.4, 0.5) is 0 Å². The monoisotopic (exact) mass is 242 g/mol. The standard InChI is InChI=1S/C13H26N2O2/c1-10(2)14-9-5-8-13(17)15-11-6-3-4-7-12(11)16/h10-12,14,16H,3-9H2,1-2H3,(H,15,17)/t11-,12-/m1/s1. The molecule has 1 saturated carbocycles. The lowest BCUT2D eigenvalue weighted by Crippen LogP contribution is -2.45. The minimum Gasteiger partial charge on any atom is -0.391 e. The molecule has 0 saturated heterocycles. The summed E-state index contributed by atoms with van der Waals surface area (Å²) in [7, 11) is 0. The topological polar surface area (TPSA) is 61.4 Å². The highest BCUT2D eigenvalue weighted by Gasteiger charge is 2.23. The fourth-order valence-corrected chi connectivity index (χ4v) is 2.20. The van der Waals surface area contributed by atoms with Crippen LogP contribution in [0.25, 0.3) is 0 Å². The third-order valence-corrected chi connectivity index (χ3v) is 3.21. The van der Waals surface area contributed by atoms with Gasteiger partial charge in [0, 0.05) is 12.5 Å². The van der Waals surface area contributed by atoms with Gasteiger partial charge in [0.15, 0.2) is 0 Å². The van der Waals surface area contributed by atoms with Crippen LogP contribution in [0.5, 0.6) is 0 Å². The van der Waals surface area contributed by atoms with E-state index >= 15 is 0 Å². The van der Waals surface area contributed by atoms with Crippen LogP contribution in [-0.2, 0) is 4.79 Å². The molecule has 0 aromatic rings. The van der Waals surface area contributed by atoms with Gasteiger partial charge in [0.05, 0.1) is 12.1 Å². The van der Waals surface area contributed by atoms with Crippen molar-refractivity contribution in [3.05, 3.63) is 0 Å². The van der Waals surface area contributed by atoms with E-state index in [-0.39, 0.29) is 18.1 Å². The maximum atomic E-state index is 11.7. The molecule has 1 fully saturated rings. The van der Waals surface area contributed by atoms with Crippen LogP contribution in [0.15, 0.2) is 0 Å². The van der Waals surface area contributed by atoms with Crippen LogP contribution in [-0.4, -0.2) is 35.7 Å². The second-order valence-corrected chi connectivity index (χ2v) is 5.24. The predicted molar refractivity (Wildman–Crippen MR) is 68.8 cm³/mol. The van der Waals surface area contributed by atoms with Gasteiger partial charge in [0.25, 0.3) is 0 Å². The zero-order valence-corrected chi connectivity index (χ0v) is 11.0. The Morgan fingerprint density at radius 1 is 1.35 bits per heavy atom. The molecule has 3 N–H and O–H groups in total. The van der Waals surface area contributed by atoms with Crippen LogP contribution in [0.3, 0.4) is 0 Å². The normalized spacial score (nSPS) is 24.9. The molecular formula is C13H26N2O2. The molecule has 1 aliphatic carbocycles. The lowest BCUT2D eigenvalue weighted by molar-refractivity contribution is -0.123. The van der Waals surface area contributed by atoms with Crippen molar-refractivity contribution in [2.45, 2.75) is 70.6 Å². The molecule has 1 aliphatic rings. The summed E-state index contributed by atoms with van der Waals surface area (Å²) in [5.74, 6) is 0.0708. The first-order valence-electron chi connectivity index (χ1n) is 6.80. The number of carbonyl (C=O) groups excluding carboxylic acids is 1. The maximum Gasteiger partial charge on any atom is 0.220 e. The van der Waals surface area contributed by atoms with Crippen molar-refractivity contribution in [1.82, 2.24) is 10.6 Å². The lowest BCUT2D eigenvalue weighted by atomic mass is 9.92. The first-order valence-corrected chi connectivity index (χ1v) is 6.80. The highest BCUT2D eigenvalue weighted by atomic mass is 16.3. The van der Waals surface area contributed by atoms with Gasteiger partial charge in [-0.25, -0.2) is 0 Å². The van der Waals surface area contributed by atoms with Gasteiger partial charge in [-0.2, -0.15) is 0 Å². The van der Waals surface area contributed by atoms with Crippen LogP contribution in [0.1, 0.15) is 52.4 Å². The number of hydrogen-bond acceptors (Lipinski definition) is 3. The fourth-order valence-electron chi connectivity index (χ4n) is 2.20. The molecule has 0 spiro atoms. The molecule has 4 heteroatoms. The van der Waals surface area contributed by atoms with Crippen molar-refractivity contribution >= 4 is 5.91 Å². The number of amides is 1. The van der Waals surface area contributed by atoms with Crippen molar-refractivity contribution in [2.75, 3.05) is 6.54 Å². The molecular weight excluding hydrogens is 216 g/mol. The van der Waals surface area contributed by atoms with E-state index < -0.39 is 0 Å². The zero-order valence-electron chi connectivity index (χ0n) is 11.0. The summed E-state index contributed by atoms with van der Waals surface area (Å²) in [6, 6.07) is 0.451. The third-order valence-electron chi connectivity index (χ3n) is 3.21. The molecule has 0 radical (unpaired) electrons. The van der Waals surface area contributed by atoms with E-state index in [4.69, 9.17) is 0 Å². The summed E-state index contributed by atoms with van der Waals surface area (Å²) in [4.78, 5) is 11.7. The number of rotatable bonds is 6. The second kappa shape index (κ2) is 7.67. The van der Waals surface area contributed by atoms with E-state index in [2.05, 4.69) is 24.5 Å². The van der Waals surface area contributed by atoms with Gasteiger partial charge in [-0.05, 0) is 25.8 Å². The van der Waals surface area contributed by atoms with Gasteiger partial charge in [-0.15, -0.1) is 0 Å². The molecule has 1 amide bonds. The van der Waals surface area contributed by atoms with Crippen LogP contribution < -0.4 is 10.6 Å². The van der Waals surface area contributed by atoms with E-state index in [1.807, 2.05) is 0 Å². The Hall–Kier alpha value is -0.610. The van der Waals surface area contributed by atoms with E-state index in [9.17, 15) is 9.90 Å². The summed E-state index contributed by atoms with van der Waals surface area (Å²) in [6.07, 6.45) is 4.97. The summed E-state index contributed by atoms with van der Waals surface area (Å²) in [5.41, 5.74) is 0. The molecule has 0 aliphatic heterocycles. The Labute approximate surface area is 104 Å². The SMILES string of the molecule is CC(C)NCCCC(=O)N[C@@H]1CCCC[C@H]1O. The van der Waals surface area contributed by atoms with E-state index in [1.165, 1.54) is 0 Å². The van der Waals surface area contributed by atoms with E-state index in [0.29, 0.717) is 12.5 Å². The van der Waals surface area contributed by atoms with Crippen molar-refractivity contribution in [2.24, 2.45) is 0 Å². The quantitative estimate of drug-likeness (QED) is 0.613. The van der Waals surface area contributed by atoms with Crippen LogP contribution in [0, 0.1) is 0 Å². The van der Waals surface area contributed by atoms with E-state index in [0.717, 1.165) is 38.6 Å². The van der Waals surface area contributed by atoms with Gasteiger partial charge < -0.3 is 15.7 Å². The average molecular weight is 242 g/mol. The highest BCUT2D eigenvalue weighted by Crippen LogP contribution is 2.18. The minimum absolute atomic E-state index is 0.0192. The van der Waals surface area contributed by atoms with E-state index in [1.54, 1.807) is 0 Å². The van der Waals surface area contributed by atoms with Crippen molar-refractivity contribution in [3.8, 4) is 0 Å². The van der Waals surface area contributed by atoms with Gasteiger partial charge >= 0.3 is 0 Å². The van der Waals surface area contributed by atoms with Crippen LogP contribution >= 0.6 is 0 Å². The molecule has 0 aromatic carbocycles. The number of aliphatic hydroxyl groups excluding tert-OH is 1. The Kier molecular flexibility index (Phi) is 6.52. The summed E-state index contributed by atoms with van der Waals surface area (Å²) < 4.78 is 0. The maximum absolute atomic E-state index is 11.7. The number of hydrogen-bond donors (Lipinski definition) is 3. The first-order chi connectivity index (χ1) is 8.09. The fraction of sp³-hybridized carbons (Fsp3) is 0.923. The number of aliphatic hydroxyl groups is 1. The van der Waals surface area contributed by atoms with Gasteiger partial charge in [-0.1, -0.05) is 26.7 Å². The molecule has 4 nitrogen and oxygen atoms in total. The Morgan fingerprint density at radius 2 is 2.06 bits per heavy atom. The molecule has 0 aromatic heterocycles. The van der Waals surface area contributed by atoms with Gasteiger partial charge in [0.1, 0.15) is 0 Å². The molecule has 0 unspecified atom stereocenters. The Balaban J connectivity index is 2.11. The van der Waals surface area contributed by atoms with Crippen LogP contribution in [0.2, 0.25) is 0 Å². The predicted octanol–water partition coefficient (Wildman–Crippen LogP) is 1.18. The first kappa shape index (κ1) is 14.5. The summed E-state index contributed by atoms with van der Waals surface area (Å²) >= 11 is 0. The molecule has 0 heterocycles. The van der Waals surface area contributed by atoms with Crippen molar-refractivity contribution < 1.29 is 9.90 Å². The summed E-state index contributed by atoms with van der Waals surface area (Å²) in [6.45, 7) is 5.06. The number of carbonyl (C=O) groups is 1.